The van der Waals surface area contributed by atoms with Crippen molar-refractivity contribution in [3.05, 3.63) is 82.4 Å². The molecule has 1 aliphatic carbocycles. The van der Waals surface area contributed by atoms with E-state index in [0.29, 0.717) is 17.9 Å². The summed E-state index contributed by atoms with van der Waals surface area (Å²) in [4.78, 5) is 2.73. The van der Waals surface area contributed by atoms with E-state index in [-0.39, 0.29) is 0 Å². The van der Waals surface area contributed by atoms with E-state index in [1.165, 1.54) is 36.9 Å². The summed E-state index contributed by atoms with van der Waals surface area (Å²) in [6.45, 7) is 6.34. The van der Waals surface area contributed by atoms with Crippen LogP contribution in [0.5, 0.6) is 0 Å². The molecule has 1 heterocycles. The normalized spacial score (nSPS) is 26.1. The number of benzene rings is 2. The molecule has 0 spiro atoms. The molecule has 0 aromatic heterocycles. The van der Waals surface area contributed by atoms with Crippen LogP contribution in [-0.2, 0) is 0 Å². The summed E-state index contributed by atoms with van der Waals surface area (Å²) in [5, 5.41) is 1.62. The van der Waals surface area contributed by atoms with E-state index in [1.807, 2.05) is 18.2 Å². The molecule has 0 N–H and O–H groups in total. The van der Waals surface area contributed by atoms with Gasteiger partial charge in [0.1, 0.15) is 0 Å². The second-order valence-electron chi connectivity index (χ2n) is 8.18. The standard InChI is InChI=1S/C24H27Cl2N/c1-2-4-18-13-23(20-5-3-6-22(26)14-20)24(19-9-11-21(25)12-10-19)27(16-18)15-17-7-8-17/h2-3,5-6,9-12,14,17-18,23-24H,1,4,7-8,13,15-16H2/t18?,23-,24-/m1/s1. The fourth-order valence-corrected chi connectivity index (χ4v) is 4.97. The van der Waals surface area contributed by atoms with E-state index in [9.17, 15) is 0 Å². The molecule has 2 aliphatic rings. The molecule has 1 unspecified atom stereocenters. The Morgan fingerprint density at radius 3 is 2.41 bits per heavy atom. The van der Waals surface area contributed by atoms with Crippen molar-refractivity contribution < 1.29 is 0 Å². The van der Waals surface area contributed by atoms with Crippen molar-refractivity contribution in [1.82, 2.24) is 4.90 Å². The van der Waals surface area contributed by atoms with Crippen molar-refractivity contribution in [3.63, 3.8) is 0 Å². The van der Waals surface area contributed by atoms with Gasteiger partial charge in [0.15, 0.2) is 0 Å². The van der Waals surface area contributed by atoms with Gasteiger partial charge < -0.3 is 0 Å². The molecule has 2 aromatic carbocycles. The van der Waals surface area contributed by atoms with E-state index in [4.69, 9.17) is 23.2 Å². The molecule has 0 amide bonds. The Labute approximate surface area is 173 Å². The van der Waals surface area contributed by atoms with Gasteiger partial charge in [-0.3, -0.25) is 4.90 Å². The fraction of sp³-hybridized carbons (Fsp3) is 0.417. The van der Waals surface area contributed by atoms with Gasteiger partial charge in [-0.05, 0) is 72.9 Å². The predicted octanol–water partition coefficient (Wildman–Crippen LogP) is 7.13. The Bertz CT molecular complexity index is 781. The van der Waals surface area contributed by atoms with E-state index in [2.05, 4.69) is 47.9 Å². The van der Waals surface area contributed by atoms with Gasteiger partial charge in [-0.25, -0.2) is 0 Å². The summed E-state index contributed by atoms with van der Waals surface area (Å²) >= 11 is 12.5. The highest BCUT2D eigenvalue weighted by atomic mass is 35.5. The topological polar surface area (TPSA) is 3.24 Å². The number of likely N-dealkylation sites (tertiary alicyclic amines) is 1. The molecular weight excluding hydrogens is 373 g/mol. The first-order valence-corrected chi connectivity index (χ1v) is 10.8. The number of nitrogens with zero attached hydrogens (tertiary/aromatic N) is 1. The largest absolute Gasteiger partial charge is 0.295 e. The smallest absolute Gasteiger partial charge is 0.0417 e. The third kappa shape index (κ3) is 4.59. The minimum Gasteiger partial charge on any atom is -0.295 e. The Balaban J connectivity index is 1.73. The van der Waals surface area contributed by atoms with Crippen LogP contribution >= 0.6 is 23.2 Å². The Hall–Kier alpha value is -1.28. The Kier molecular flexibility index (Phi) is 5.92. The van der Waals surface area contributed by atoms with Gasteiger partial charge >= 0.3 is 0 Å². The van der Waals surface area contributed by atoms with E-state index in [1.54, 1.807) is 0 Å². The highest BCUT2D eigenvalue weighted by molar-refractivity contribution is 6.30. The number of halogens is 2. The summed E-state index contributed by atoms with van der Waals surface area (Å²) in [5.74, 6) is 1.94. The lowest BCUT2D eigenvalue weighted by molar-refractivity contribution is 0.0820. The molecule has 1 aliphatic heterocycles. The van der Waals surface area contributed by atoms with Crippen molar-refractivity contribution >= 4 is 23.2 Å². The lowest BCUT2D eigenvalue weighted by Crippen LogP contribution is -2.43. The van der Waals surface area contributed by atoms with Crippen LogP contribution in [-0.4, -0.2) is 18.0 Å². The number of hydrogen-bond donors (Lipinski definition) is 0. The molecule has 3 heteroatoms. The van der Waals surface area contributed by atoms with Crippen LogP contribution in [0, 0.1) is 11.8 Å². The van der Waals surface area contributed by atoms with Gasteiger partial charge in [0.25, 0.3) is 0 Å². The lowest BCUT2D eigenvalue weighted by atomic mass is 9.75. The molecule has 1 nitrogen and oxygen atoms in total. The molecule has 2 aromatic rings. The van der Waals surface area contributed by atoms with Crippen molar-refractivity contribution in [3.8, 4) is 0 Å². The summed E-state index contributed by atoms with van der Waals surface area (Å²) in [6, 6.07) is 17.3. The number of hydrogen-bond acceptors (Lipinski definition) is 1. The Morgan fingerprint density at radius 1 is 0.963 bits per heavy atom. The first kappa shape index (κ1) is 19.1. The molecule has 1 saturated heterocycles. The van der Waals surface area contributed by atoms with E-state index in [0.717, 1.165) is 28.9 Å². The average molecular weight is 400 g/mol. The van der Waals surface area contributed by atoms with Gasteiger partial charge in [0, 0.05) is 35.1 Å². The molecule has 27 heavy (non-hydrogen) atoms. The van der Waals surface area contributed by atoms with Crippen LogP contribution in [0.2, 0.25) is 10.0 Å². The minimum absolute atomic E-state index is 0.377. The SMILES string of the molecule is C=CCC1C[C@H](c2cccc(Cl)c2)[C@@H](c2ccc(Cl)cc2)N(CC2CC2)C1. The van der Waals surface area contributed by atoms with Crippen molar-refractivity contribution in [2.75, 3.05) is 13.1 Å². The van der Waals surface area contributed by atoms with Gasteiger partial charge in [-0.1, -0.05) is 53.5 Å². The zero-order valence-electron chi connectivity index (χ0n) is 15.7. The fourth-order valence-electron chi connectivity index (χ4n) is 4.65. The molecule has 2 fully saturated rings. The number of rotatable bonds is 6. The monoisotopic (exact) mass is 399 g/mol. The van der Waals surface area contributed by atoms with Crippen molar-refractivity contribution in [2.45, 2.75) is 37.6 Å². The van der Waals surface area contributed by atoms with Crippen LogP contribution < -0.4 is 0 Å². The number of piperidine rings is 1. The maximum Gasteiger partial charge on any atom is 0.0417 e. The van der Waals surface area contributed by atoms with Crippen LogP contribution in [0.25, 0.3) is 0 Å². The highest BCUT2D eigenvalue weighted by Gasteiger charge is 2.39. The maximum absolute atomic E-state index is 6.36. The van der Waals surface area contributed by atoms with E-state index < -0.39 is 0 Å². The van der Waals surface area contributed by atoms with Gasteiger partial charge in [0.2, 0.25) is 0 Å². The van der Waals surface area contributed by atoms with Gasteiger partial charge in [0.05, 0.1) is 0 Å². The first-order valence-electron chi connectivity index (χ1n) is 10.00. The average Bonchev–Trinajstić information content (AvgIpc) is 3.47. The van der Waals surface area contributed by atoms with Crippen LogP contribution in [0.15, 0.2) is 61.2 Å². The molecule has 4 rings (SSSR count). The minimum atomic E-state index is 0.377. The Morgan fingerprint density at radius 2 is 1.74 bits per heavy atom. The van der Waals surface area contributed by atoms with Crippen molar-refractivity contribution in [2.24, 2.45) is 11.8 Å². The summed E-state index contributed by atoms with van der Waals surface area (Å²) in [6.07, 6.45) is 7.07. The summed E-state index contributed by atoms with van der Waals surface area (Å²) < 4.78 is 0. The molecule has 142 valence electrons. The third-order valence-electron chi connectivity index (χ3n) is 6.03. The van der Waals surface area contributed by atoms with Crippen molar-refractivity contribution in [1.29, 1.82) is 0 Å². The van der Waals surface area contributed by atoms with E-state index >= 15 is 0 Å². The molecule has 0 radical (unpaired) electrons. The molecule has 1 saturated carbocycles. The highest BCUT2D eigenvalue weighted by Crippen LogP contribution is 2.47. The summed E-state index contributed by atoms with van der Waals surface area (Å²) in [5.41, 5.74) is 2.71. The molecular formula is C24H27Cl2N. The zero-order valence-corrected chi connectivity index (χ0v) is 17.2. The quantitative estimate of drug-likeness (QED) is 0.467. The van der Waals surface area contributed by atoms with Gasteiger partial charge in [-0.15, -0.1) is 6.58 Å². The first-order chi connectivity index (χ1) is 13.1. The third-order valence-corrected chi connectivity index (χ3v) is 6.52. The van der Waals surface area contributed by atoms with Crippen LogP contribution in [0.1, 0.15) is 48.8 Å². The second-order valence-corrected chi connectivity index (χ2v) is 9.05. The van der Waals surface area contributed by atoms with Crippen LogP contribution in [0.3, 0.4) is 0 Å². The van der Waals surface area contributed by atoms with Gasteiger partial charge in [-0.2, -0.15) is 0 Å². The molecule has 3 atom stereocenters. The number of allylic oxidation sites excluding steroid dienone is 1. The second kappa shape index (κ2) is 8.39. The van der Waals surface area contributed by atoms with Crippen LogP contribution in [0.4, 0.5) is 0 Å². The lowest BCUT2D eigenvalue weighted by Gasteiger charge is -2.45. The molecule has 0 bridgehead atoms. The summed E-state index contributed by atoms with van der Waals surface area (Å²) in [7, 11) is 0. The zero-order chi connectivity index (χ0) is 18.8. The maximum atomic E-state index is 6.36. The predicted molar refractivity (Wildman–Crippen MR) is 116 cm³/mol.